The summed E-state index contributed by atoms with van der Waals surface area (Å²) >= 11 is 2.15. The Morgan fingerprint density at radius 2 is 1.91 bits per heavy atom. The molecule has 0 radical (unpaired) electrons. The normalized spacial score (nSPS) is 34.4. The first-order valence-electron chi connectivity index (χ1n) is 4.82. The second kappa shape index (κ2) is 3.81. The van der Waals surface area contributed by atoms with Crippen LogP contribution >= 0.6 is 11.8 Å². The maximum atomic E-state index is 3.62. The molecular weight excluding hydrogens is 154 g/mol. The third kappa shape index (κ3) is 1.91. The zero-order valence-electron chi connectivity index (χ0n) is 7.01. The van der Waals surface area contributed by atoms with Gasteiger partial charge in [-0.2, -0.15) is 0 Å². The highest BCUT2D eigenvalue weighted by Gasteiger charge is 2.26. The van der Waals surface area contributed by atoms with Crippen LogP contribution < -0.4 is 5.32 Å². The maximum Gasteiger partial charge on any atom is 0.0560 e. The lowest BCUT2D eigenvalue weighted by atomic mass is 10.1. The third-order valence-corrected chi connectivity index (χ3v) is 4.23. The summed E-state index contributed by atoms with van der Waals surface area (Å²) in [5, 5.41) is 4.44. The van der Waals surface area contributed by atoms with E-state index in [-0.39, 0.29) is 0 Å². The summed E-state index contributed by atoms with van der Waals surface area (Å²) < 4.78 is 0. The monoisotopic (exact) mass is 171 g/mol. The second-order valence-corrected chi connectivity index (χ2v) is 4.89. The fourth-order valence-electron chi connectivity index (χ4n) is 2.15. The van der Waals surface area contributed by atoms with Crippen LogP contribution in [0.4, 0.5) is 0 Å². The number of hydrogen-bond acceptors (Lipinski definition) is 2. The lowest BCUT2D eigenvalue weighted by molar-refractivity contribution is 0.448. The van der Waals surface area contributed by atoms with Crippen LogP contribution in [0.5, 0.6) is 0 Å². The molecule has 1 heterocycles. The Bertz CT molecular complexity index is 115. The van der Waals surface area contributed by atoms with Crippen molar-refractivity contribution in [1.29, 1.82) is 0 Å². The van der Waals surface area contributed by atoms with Gasteiger partial charge in [0.25, 0.3) is 0 Å². The summed E-state index contributed by atoms with van der Waals surface area (Å²) in [4.78, 5) is 0. The smallest absolute Gasteiger partial charge is 0.0560 e. The first-order valence-corrected chi connectivity index (χ1v) is 5.87. The maximum absolute atomic E-state index is 3.62. The standard InChI is InChI=1S/C9H17NS/c1-2-5-8(4-1)9-10-6-3-7-11-9/h8-10H,1-7H2. The summed E-state index contributed by atoms with van der Waals surface area (Å²) in [5.41, 5.74) is 0. The molecule has 1 saturated heterocycles. The number of rotatable bonds is 1. The summed E-state index contributed by atoms with van der Waals surface area (Å²) in [6.07, 6.45) is 7.27. The van der Waals surface area contributed by atoms with Gasteiger partial charge in [0, 0.05) is 0 Å². The SMILES string of the molecule is C1CNC(C2CCCC2)SC1. The van der Waals surface area contributed by atoms with Gasteiger partial charge in [0.2, 0.25) is 0 Å². The Morgan fingerprint density at radius 3 is 2.55 bits per heavy atom. The molecule has 1 N–H and O–H groups in total. The summed E-state index contributed by atoms with van der Waals surface area (Å²) in [6.45, 7) is 1.26. The molecule has 2 aliphatic rings. The van der Waals surface area contributed by atoms with Crippen LogP contribution in [0.2, 0.25) is 0 Å². The molecule has 0 bridgehead atoms. The van der Waals surface area contributed by atoms with Crippen molar-refractivity contribution in [2.24, 2.45) is 5.92 Å². The molecule has 0 spiro atoms. The average molecular weight is 171 g/mol. The first kappa shape index (κ1) is 7.93. The van der Waals surface area contributed by atoms with Crippen molar-refractivity contribution in [2.45, 2.75) is 37.5 Å². The van der Waals surface area contributed by atoms with E-state index in [1.54, 1.807) is 0 Å². The molecule has 2 heteroatoms. The largest absolute Gasteiger partial charge is 0.305 e. The quantitative estimate of drug-likeness (QED) is 0.649. The second-order valence-electron chi connectivity index (χ2n) is 3.64. The van der Waals surface area contributed by atoms with Crippen LogP contribution in [0.15, 0.2) is 0 Å². The van der Waals surface area contributed by atoms with E-state index in [2.05, 4.69) is 17.1 Å². The molecule has 1 aliphatic heterocycles. The van der Waals surface area contributed by atoms with Gasteiger partial charge in [-0.15, -0.1) is 11.8 Å². The molecular formula is C9H17NS. The van der Waals surface area contributed by atoms with Gasteiger partial charge in [-0.1, -0.05) is 12.8 Å². The Balaban J connectivity index is 1.82. The molecule has 1 unspecified atom stereocenters. The minimum Gasteiger partial charge on any atom is -0.305 e. The van der Waals surface area contributed by atoms with Crippen molar-refractivity contribution in [3.05, 3.63) is 0 Å². The zero-order chi connectivity index (χ0) is 7.52. The number of hydrogen-bond donors (Lipinski definition) is 1. The zero-order valence-corrected chi connectivity index (χ0v) is 7.83. The molecule has 1 atom stereocenters. The van der Waals surface area contributed by atoms with Crippen molar-refractivity contribution in [2.75, 3.05) is 12.3 Å². The Hall–Kier alpha value is 0.310. The molecule has 0 aromatic heterocycles. The summed E-state index contributed by atoms with van der Waals surface area (Å²) in [6, 6.07) is 0. The molecule has 0 amide bonds. The molecule has 2 fully saturated rings. The van der Waals surface area contributed by atoms with E-state index in [0.29, 0.717) is 0 Å². The topological polar surface area (TPSA) is 12.0 Å². The number of thioether (sulfide) groups is 1. The van der Waals surface area contributed by atoms with Gasteiger partial charge in [-0.3, -0.25) is 0 Å². The van der Waals surface area contributed by atoms with Crippen molar-refractivity contribution in [1.82, 2.24) is 5.32 Å². The van der Waals surface area contributed by atoms with Gasteiger partial charge >= 0.3 is 0 Å². The molecule has 11 heavy (non-hydrogen) atoms. The van der Waals surface area contributed by atoms with E-state index in [9.17, 15) is 0 Å². The van der Waals surface area contributed by atoms with E-state index in [1.807, 2.05) is 0 Å². The molecule has 1 aliphatic carbocycles. The molecule has 0 aromatic carbocycles. The first-order chi connectivity index (χ1) is 5.47. The predicted molar refractivity (Wildman–Crippen MR) is 50.8 cm³/mol. The van der Waals surface area contributed by atoms with Gasteiger partial charge in [0.15, 0.2) is 0 Å². The highest BCUT2D eigenvalue weighted by atomic mass is 32.2. The van der Waals surface area contributed by atoms with Crippen molar-refractivity contribution >= 4 is 11.8 Å². The molecule has 2 rings (SSSR count). The molecule has 64 valence electrons. The van der Waals surface area contributed by atoms with Crippen LogP contribution in [-0.4, -0.2) is 17.7 Å². The van der Waals surface area contributed by atoms with Gasteiger partial charge in [-0.25, -0.2) is 0 Å². The van der Waals surface area contributed by atoms with Crippen molar-refractivity contribution in [3.63, 3.8) is 0 Å². The van der Waals surface area contributed by atoms with Gasteiger partial charge < -0.3 is 5.32 Å². The highest BCUT2D eigenvalue weighted by Crippen LogP contribution is 2.33. The predicted octanol–water partition coefficient (Wildman–Crippen LogP) is 2.23. The fourth-order valence-corrected chi connectivity index (χ4v) is 3.49. The van der Waals surface area contributed by atoms with Crippen LogP contribution in [0.3, 0.4) is 0 Å². The average Bonchev–Trinajstić information content (AvgIpc) is 2.58. The molecule has 0 aromatic rings. The molecule has 1 nitrogen and oxygen atoms in total. The summed E-state index contributed by atoms with van der Waals surface area (Å²) in [5.74, 6) is 2.38. The molecule has 1 saturated carbocycles. The fraction of sp³-hybridized carbons (Fsp3) is 1.00. The van der Waals surface area contributed by atoms with Crippen LogP contribution in [0.1, 0.15) is 32.1 Å². The van der Waals surface area contributed by atoms with Gasteiger partial charge in [0.1, 0.15) is 0 Å². The Kier molecular flexibility index (Phi) is 2.75. The van der Waals surface area contributed by atoms with Crippen LogP contribution in [0, 0.1) is 5.92 Å². The highest BCUT2D eigenvalue weighted by molar-refractivity contribution is 7.99. The lowest BCUT2D eigenvalue weighted by Crippen LogP contribution is -2.36. The van der Waals surface area contributed by atoms with E-state index in [0.717, 1.165) is 11.3 Å². The van der Waals surface area contributed by atoms with Gasteiger partial charge in [0.05, 0.1) is 5.37 Å². The van der Waals surface area contributed by atoms with E-state index < -0.39 is 0 Å². The summed E-state index contributed by atoms with van der Waals surface area (Å²) in [7, 11) is 0. The van der Waals surface area contributed by atoms with E-state index in [1.165, 1.54) is 44.4 Å². The number of nitrogens with one attached hydrogen (secondary N) is 1. The van der Waals surface area contributed by atoms with Crippen molar-refractivity contribution in [3.8, 4) is 0 Å². The van der Waals surface area contributed by atoms with Crippen LogP contribution in [-0.2, 0) is 0 Å². The van der Waals surface area contributed by atoms with Crippen molar-refractivity contribution < 1.29 is 0 Å². The van der Waals surface area contributed by atoms with E-state index >= 15 is 0 Å². The van der Waals surface area contributed by atoms with Gasteiger partial charge in [-0.05, 0) is 37.5 Å². The van der Waals surface area contributed by atoms with Crippen LogP contribution in [0.25, 0.3) is 0 Å². The minimum absolute atomic E-state index is 0.811. The minimum atomic E-state index is 0.811. The lowest BCUT2D eigenvalue weighted by Gasteiger charge is -2.27. The van der Waals surface area contributed by atoms with E-state index in [4.69, 9.17) is 0 Å². The third-order valence-electron chi connectivity index (χ3n) is 2.79. The Labute approximate surface area is 73.3 Å². The Morgan fingerprint density at radius 1 is 1.09 bits per heavy atom.